The second kappa shape index (κ2) is 14.5. The Balaban J connectivity index is 0.000000338. The summed E-state index contributed by atoms with van der Waals surface area (Å²) in [7, 11) is 1.95. The van der Waals surface area contributed by atoms with E-state index in [1.807, 2.05) is 48.5 Å². The van der Waals surface area contributed by atoms with Gasteiger partial charge in [-0.2, -0.15) is 0 Å². The van der Waals surface area contributed by atoms with Gasteiger partial charge in [0.2, 0.25) is 5.91 Å². The number of pyridine rings is 1. The molecule has 194 valence electrons. The van der Waals surface area contributed by atoms with E-state index in [1.54, 1.807) is 6.20 Å². The molecule has 0 bridgehead atoms. The summed E-state index contributed by atoms with van der Waals surface area (Å²) in [5.74, 6) is 1.53. The highest BCUT2D eigenvalue weighted by Gasteiger charge is 2.37. The maximum absolute atomic E-state index is 12.0. The van der Waals surface area contributed by atoms with Gasteiger partial charge in [0.1, 0.15) is 18.2 Å². The lowest BCUT2D eigenvalue weighted by Gasteiger charge is -2.30. The van der Waals surface area contributed by atoms with Crippen molar-refractivity contribution in [2.45, 2.75) is 64.6 Å². The molecule has 1 amide bonds. The van der Waals surface area contributed by atoms with Crippen molar-refractivity contribution in [2.75, 3.05) is 26.7 Å². The Morgan fingerprint density at radius 1 is 1.08 bits per heavy atom. The summed E-state index contributed by atoms with van der Waals surface area (Å²) in [6.07, 6.45) is 8.96. The van der Waals surface area contributed by atoms with Crippen molar-refractivity contribution in [3.63, 3.8) is 0 Å². The van der Waals surface area contributed by atoms with Crippen LogP contribution in [0.25, 0.3) is 0 Å². The average molecular weight is 492 g/mol. The highest BCUT2D eigenvalue weighted by atomic mass is 16.2. The summed E-state index contributed by atoms with van der Waals surface area (Å²) >= 11 is 0. The molecule has 2 aliphatic rings. The van der Waals surface area contributed by atoms with Crippen molar-refractivity contribution in [2.24, 2.45) is 10.9 Å². The predicted octanol–water partition coefficient (Wildman–Crippen LogP) is 3.74. The number of nitrogens with zero attached hydrogens (tertiary/aromatic N) is 4. The van der Waals surface area contributed by atoms with E-state index >= 15 is 0 Å². The van der Waals surface area contributed by atoms with Crippen LogP contribution >= 0.6 is 0 Å². The van der Waals surface area contributed by atoms with Crippen molar-refractivity contribution in [3.05, 3.63) is 66.0 Å². The molecule has 1 fully saturated rings. The number of aldehydes is 1. The number of likely N-dealkylation sites (tertiary alicyclic amines) is 1. The van der Waals surface area contributed by atoms with Gasteiger partial charge < -0.3 is 19.9 Å². The van der Waals surface area contributed by atoms with E-state index < -0.39 is 0 Å². The molecule has 2 atom stereocenters. The molecule has 2 aliphatic heterocycles. The third-order valence-corrected chi connectivity index (χ3v) is 6.72. The van der Waals surface area contributed by atoms with Gasteiger partial charge in [-0.05, 0) is 49.4 Å². The molecular weight excluding hydrogens is 450 g/mol. The van der Waals surface area contributed by atoms with Crippen LogP contribution in [0, 0.1) is 5.92 Å². The van der Waals surface area contributed by atoms with Gasteiger partial charge in [-0.1, -0.05) is 50.2 Å². The molecular formula is C29H41N5O2. The Morgan fingerprint density at radius 2 is 1.86 bits per heavy atom. The molecule has 7 nitrogen and oxygen atoms in total. The smallest absolute Gasteiger partial charge is 0.222 e. The molecule has 3 heterocycles. The van der Waals surface area contributed by atoms with E-state index in [0.29, 0.717) is 18.8 Å². The number of hydrogen-bond donors (Lipinski definition) is 1. The minimum Gasteiger partial charge on any atom is -0.348 e. The summed E-state index contributed by atoms with van der Waals surface area (Å²) < 4.78 is 0. The van der Waals surface area contributed by atoms with E-state index in [9.17, 15) is 9.59 Å². The van der Waals surface area contributed by atoms with E-state index in [2.05, 4.69) is 41.2 Å². The lowest BCUT2D eigenvalue weighted by molar-refractivity contribution is -0.133. The van der Waals surface area contributed by atoms with E-state index in [1.165, 1.54) is 5.56 Å². The van der Waals surface area contributed by atoms with Crippen LogP contribution in [-0.4, -0.2) is 71.6 Å². The van der Waals surface area contributed by atoms with Crippen LogP contribution in [0.15, 0.2) is 59.9 Å². The van der Waals surface area contributed by atoms with Gasteiger partial charge in [0.15, 0.2) is 0 Å². The van der Waals surface area contributed by atoms with E-state index in [-0.39, 0.29) is 18.0 Å². The molecule has 2 unspecified atom stereocenters. The zero-order valence-corrected chi connectivity index (χ0v) is 22.0. The molecule has 1 N–H and O–H groups in total. The maximum atomic E-state index is 12.0. The van der Waals surface area contributed by atoms with Gasteiger partial charge in [0.05, 0.1) is 6.04 Å². The fraction of sp³-hybridized carbons (Fsp3) is 0.517. The first-order chi connectivity index (χ1) is 17.5. The monoisotopic (exact) mass is 491 g/mol. The Kier molecular flexibility index (Phi) is 11.1. The van der Waals surface area contributed by atoms with Crippen LogP contribution in [0.1, 0.15) is 50.7 Å². The predicted molar refractivity (Wildman–Crippen MR) is 145 cm³/mol. The topological polar surface area (TPSA) is 77.9 Å². The first-order valence-corrected chi connectivity index (χ1v) is 13.2. The lowest BCUT2D eigenvalue weighted by Crippen LogP contribution is -2.44. The first kappa shape index (κ1) is 27.5. The third kappa shape index (κ3) is 7.98. The molecule has 0 aliphatic carbocycles. The van der Waals surface area contributed by atoms with E-state index in [0.717, 1.165) is 63.1 Å². The second-order valence-corrected chi connectivity index (χ2v) is 9.85. The normalized spacial score (nSPS) is 19.7. The molecule has 1 aromatic carbocycles. The summed E-state index contributed by atoms with van der Waals surface area (Å²) in [6.45, 7) is 7.55. The largest absolute Gasteiger partial charge is 0.348 e. The number of piperidine rings is 1. The maximum Gasteiger partial charge on any atom is 0.222 e. The Labute approximate surface area is 216 Å². The molecule has 0 radical (unpaired) electrons. The van der Waals surface area contributed by atoms with E-state index in [4.69, 9.17) is 4.99 Å². The summed E-state index contributed by atoms with van der Waals surface area (Å²) in [6, 6.07) is 14.1. The molecule has 2 aromatic rings. The van der Waals surface area contributed by atoms with Gasteiger partial charge in [-0.15, -0.1) is 0 Å². The van der Waals surface area contributed by atoms with Crippen LogP contribution in [0.3, 0.4) is 0 Å². The van der Waals surface area contributed by atoms with Crippen molar-refractivity contribution in [3.8, 4) is 0 Å². The lowest BCUT2D eigenvalue weighted by atomic mass is 9.98. The number of nitrogens with one attached hydrogen (secondary N) is 1. The third-order valence-electron chi connectivity index (χ3n) is 6.72. The Hall–Kier alpha value is -3.06. The number of carbonyl (C=O) groups excluding carboxylic acids is 2. The minimum atomic E-state index is -0.214. The number of carbonyl (C=O) groups is 2. The van der Waals surface area contributed by atoms with Crippen LogP contribution in [0.5, 0.6) is 0 Å². The van der Waals surface area contributed by atoms with Gasteiger partial charge in [-0.25, -0.2) is 0 Å². The van der Waals surface area contributed by atoms with Crippen LogP contribution in [0.2, 0.25) is 0 Å². The molecule has 0 saturated carbocycles. The molecule has 1 saturated heterocycles. The summed E-state index contributed by atoms with van der Waals surface area (Å²) in [4.78, 5) is 37.1. The minimum absolute atomic E-state index is 0.00853. The van der Waals surface area contributed by atoms with Gasteiger partial charge in [0.25, 0.3) is 0 Å². The number of aromatic nitrogens is 1. The van der Waals surface area contributed by atoms with Gasteiger partial charge >= 0.3 is 0 Å². The Morgan fingerprint density at radius 3 is 2.50 bits per heavy atom. The van der Waals surface area contributed by atoms with Crippen LogP contribution in [0.4, 0.5) is 0 Å². The highest BCUT2D eigenvalue weighted by molar-refractivity contribution is 5.90. The Bertz CT molecular complexity index is 964. The SMILES string of the molecule is CC(C)C1N=C(Cc2cccnc2)N(CCCN2CCCCC2=O)C1C=O.CNCc1ccccc1. The zero-order valence-electron chi connectivity index (χ0n) is 22.0. The quantitative estimate of drug-likeness (QED) is 0.513. The van der Waals surface area contributed by atoms with Crippen molar-refractivity contribution in [1.29, 1.82) is 0 Å². The number of amidine groups is 1. The average Bonchev–Trinajstić information content (AvgIpc) is 3.24. The molecule has 1 aromatic heterocycles. The summed E-state index contributed by atoms with van der Waals surface area (Å²) in [5.41, 5.74) is 2.43. The van der Waals surface area contributed by atoms with Crippen molar-refractivity contribution < 1.29 is 9.59 Å². The molecule has 0 spiro atoms. The molecule has 4 rings (SSSR count). The standard InChI is InChI=1S/C21H30N4O2.C8H11N/c1-16(2)21-18(15-26)25(12-6-11-24-10-4-3-8-20(24)27)19(23-21)13-17-7-5-9-22-14-17;1-9-7-8-5-3-2-4-6-8/h5,7,9,14-16,18,21H,3-4,6,8,10-13H2,1-2H3;2-6,9H,7H2,1H3. The van der Waals surface area contributed by atoms with Gasteiger partial charge in [0, 0.05) is 51.4 Å². The first-order valence-electron chi connectivity index (χ1n) is 13.2. The fourth-order valence-corrected chi connectivity index (χ4v) is 4.82. The number of hydrogen-bond acceptors (Lipinski definition) is 6. The molecule has 7 heteroatoms. The fourth-order valence-electron chi connectivity index (χ4n) is 4.82. The van der Waals surface area contributed by atoms with Crippen LogP contribution < -0.4 is 5.32 Å². The second-order valence-electron chi connectivity index (χ2n) is 9.85. The van der Waals surface area contributed by atoms with Crippen LogP contribution in [-0.2, 0) is 22.6 Å². The molecule has 36 heavy (non-hydrogen) atoms. The van der Waals surface area contributed by atoms with Crippen molar-refractivity contribution in [1.82, 2.24) is 20.1 Å². The number of amides is 1. The van der Waals surface area contributed by atoms with Gasteiger partial charge in [-0.3, -0.25) is 14.8 Å². The summed E-state index contributed by atoms with van der Waals surface area (Å²) in [5, 5.41) is 3.08. The van der Waals surface area contributed by atoms with Crippen molar-refractivity contribution >= 4 is 18.0 Å². The zero-order chi connectivity index (χ0) is 25.8. The number of rotatable bonds is 10. The number of benzene rings is 1. The highest BCUT2D eigenvalue weighted by Crippen LogP contribution is 2.25. The number of aliphatic imine (C=N–C) groups is 1.